The lowest BCUT2D eigenvalue weighted by Crippen LogP contribution is -2.45. The normalized spacial score (nSPS) is 27.7. The molecule has 3 aromatic rings. The summed E-state index contributed by atoms with van der Waals surface area (Å²) >= 11 is 0. The molecule has 18 nitrogen and oxygen atoms in total. The number of nitrogens with zero attached hydrogens (tertiary/aromatic N) is 4. The van der Waals surface area contributed by atoms with Crippen LogP contribution < -0.4 is 4.57 Å². The maximum atomic E-state index is 11.9. The van der Waals surface area contributed by atoms with Gasteiger partial charge >= 0.3 is 29.1 Å². The summed E-state index contributed by atoms with van der Waals surface area (Å²) in [5.74, 6) is 0. The van der Waals surface area contributed by atoms with Gasteiger partial charge in [-0.25, -0.2) is 23.2 Å². The van der Waals surface area contributed by atoms with Crippen LogP contribution in [0.3, 0.4) is 0 Å². The van der Waals surface area contributed by atoms with E-state index in [0.717, 1.165) is 0 Å². The van der Waals surface area contributed by atoms with Gasteiger partial charge in [0, 0.05) is 12.4 Å². The van der Waals surface area contributed by atoms with Crippen molar-refractivity contribution in [3.05, 3.63) is 25.0 Å². The average molecular weight is 532 g/mol. The van der Waals surface area contributed by atoms with Crippen LogP contribution in [0.25, 0.3) is 16.8 Å². The van der Waals surface area contributed by atoms with Gasteiger partial charge in [-0.3, -0.25) is 13.9 Å². The molecule has 3 aromatic heterocycles. The molecule has 0 amide bonds. The summed E-state index contributed by atoms with van der Waals surface area (Å²) < 4.78 is 54.1. The van der Waals surface area contributed by atoms with Crippen molar-refractivity contribution in [3.63, 3.8) is 0 Å². The lowest BCUT2D eigenvalue weighted by atomic mass is 10.1. The molecule has 182 valence electrons. The van der Waals surface area contributed by atoms with Crippen LogP contribution in [-0.4, -0.2) is 74.1 Å². The van der Waals surface area contributed by atoms with Gasteiger partial charge in [-0.05, 0) is 0 Å². The Hall–Kier alpha value is -1.62. The number of aliphatic hydroxyl groups excluding tert-OH is 2. The Kier molecular flexibility index (Phi) is 6.35. The highest BCUT2D eigenvalue weighted by molar-refractivity contribution is 7.66. The van der Waals surface area contributed by atoms with Crippen molar-refractivity contribution in [2.24, 2.45) is 0 Å². The van der Waals surface area contributed by atoms with Crippen LogP contribution >= 0.6 is 23.5 Å². The monoisotopic (exact) mass is 532 g/mol. The molecular weight excluding hydrogens is 515 g/mol. The summed E-state index contributed by atoms with van der Waals surface area (Å²) in [4.78, 5) is 47.1. The Bertz CT molecular complexity index is 1320. The van der Waals surface area contributed by atoms with Gasteiger partial charge in [0.25, 0.3) is 0 Å². The van der Waals surface area contributed by atoms with Gasteiger partial charge in [-0.1, -0.05) is 4.98 Å². The largest absolute Gasteiger partial charge is 0.490 e. The first-order valence-electron chi connectivity index (χ1n) is 8.76. The Labute approximate surface area is 182 Å². The van der Waals surface area contributed by atoms with Crippen LogP contribution in [-0.2, 0) is 31.6 Å². The zero-order valence-electron chi connectivity index (χ0n) is 16.0. The van der Waals surface area contributed by atoms with E-state index in [9.17, 15) is 28.8 Å². The Balaban J connectivity index is 1.47. The molecule has 0 saturated carbocycles. The van der Waals surface area contributed by atoms with Crippen LogP contribution in [0.2, 0.25) is 0 Å². The van der Waals surface area contributed by atoms with E-state index in [2.05, 4.69) is 28.1 Å². The molecule has 0 aliphatic carbocycles. The van der Waals surface area contributed by atoms with Crippen molar-refractivity contribution in [2.75, 3.05) is 6.61 Å². The van der Waals surface area contributed by atoms with Crippen molar-refractivity contribution >= 4 is 40.3 Å². The number of nitrogens with one attached hydrogen (secondary N) is 1. The minimum atomic E-state index is -5.70. The predicted molar refractivity (Wildman–Crippen MR) is 101 cm³/mol. The number of hydrogen-bond donors (Lipinski definition) is 7. The molecule has 1 fully saturated rings. The first kappa shape index (κ1) is 24.5. The molecule has 7 N–H and O–H groups in total. The fourth-order valence-corrected chi connectivity index (χ4v) is 6.19. The van der Waals surface area contributed by atoms with Gasteiger partial charge in [0.05, 0.1) is 6.61 Å². The van der Waals surface area contributed by atoms with Gasteiger partial charge in [0.15, 0.2) is 18.3 Å². The fourth-order valence-electron chi connectivity index (χ4n) is 3.16. The number of fused-ring (bicyclic) bond motifs is 3. The van der Waals surface area contributed by atoms with Crippen LogP contribution in [0.15, 0.2) is 25.0 Å². The van der Waals surface area contributed by atoms with Crippen LogP contribution in [0.4, 0.5) is 0 Å². The van der Waals surface area contributed by atoms with Crippen LogP contribution in [0.1, 0.15) is 6.23 Å². The SMILES string of the molecule is O=P(O)(O)OP(=O)(O)OP(=O)(O)OCC1OC([n+]2c[nH]c3c4nccn4cnc32)C(O)C1O. The molecule has 0 bridgehead atoms. The van der Waals surface area contributed by atoms with E-state index in [1.54, 1.807) is 16.8 Å². The number of phosphoric acid groups is 3. The molecule has 0 spiro atoms. The number of aromatic amines is 1. The van der Waals surface area contributed by atoms with Crippen molar-refractivity contribution in [3.8, 4) is 0 Å². The first-order valence-corrected chi connectivity index (χ1v) is 13.3. The number of rotatable bonds is 8. The third-order valence-corrected chi connectivity index (χ3v) is 8.24. The number of H-pyrrole nitrogens is 1. The van der Waals surface area contributed by atoms with Crippen molar-refractivity contribution in [1.82, 2.24) is 19.4 Å². The molecule has 0 aromatic carbocycles. The summed E-state index contributed by atoms with van der Waals surface area (Å²) in [7, 11) is -16.7. The molecular formula is C12H17N5O13P3+. The number of ether oxygens (including phenoxy) is 1. The van der Waals surface area contributed by atoms with E-state index in [4.69, 9.17) is 19.4 Å². The summed E-state index contributed by atoms with van der Waals surface area (Å²) in [5, 5.41) is 20.7. The van der Waals surface area contributed by atoms with E-state index in [1.165, 1.54) is 17.2 Å². The average Bonchev–Trinajstić information content (AvgIpc) is 3.35. The molecule has 0 radical (unpaired) electrons. The minimum absolute atomic E-state index is 0.304. The minimum Gasteiger partial charge on any atom is -0.387 e. The van der Waals surface area contributed by atoms with Gasteiger partial charge in [-0.2, -0.15) is 8.62 Å². The van der Waals surface area contributed by atoms with E-state index in [0.29, 0.717) is 16.8 Å². The molecule has 6 unspecified atom stereocenters. The van der Waals surface area contributed by atoms with E-state index in [1.807, 2.05) is 0 Å². The molecule has 4 heterocycles. The third kappa shape index (κ3) is 5.23. The summed E-state index contributed by atoms with van der Waals surface area (Å²) in [5.41, 5.74) is 1.32. The lowest BCUT2D eigenvalue weighted by molar-refractivity contribution is -0.745. The number of imidazole rings is 2. The number of hydrogen-bond acceptors (Lipinski definition) is 11. The van der Waals surface area contributed by atoms with Gasteiger partial charge in [-0.15, -0.1) is 0 Å². The smallest absolute Gasteiger partial charge is 0.387 e. The second-order valence-corrected chi connectivity index (χ2v) is 11.1. The lowest BCUT2D eigenvalue weighted by Gasteiger charge is -2.18. The zero-order chi connectivity index (χ0) is 24.2. The third-order valence-electron chi connectivity index (χ3n) is 4.44. The maximum absolute atomic E-state index is 11.9. The Morgan fingerprint density at radius 1 is 1.09 bits per heavy atom. The van der Waals surface area contributed by atoms with Crippen LogP contribution in [0, 0.1) is 0 Å². The second kappa shape index (κ2) is 8.55. The number of aromatic nitrogens is 5. The molecule has 33 heavy (non-hydrogen) atoms. The summed E-state index contributed by atoms with van der Waals surface area (Å²) in [6, 6.07) is 0. The van der Waals surface area contributed by atoms with Gasteiger partial charge in [0.1, 0.15) is 18.3 Å². The fraction of sp³-hybridized carbons (Fsp3) is 0.417. The summed E-state index contributed by atoms with van der Waals surface area (Å²) in [6.45, 7) is -0.931. The predicted octanol–water partition coefficient (Wildman–Crippen LogP) is -1.54. The van der Waals surface area contributed by atoms with Crippen molar-refractivity contribution < 1.29 is 65.9 Å². The molecule has 1 aliphatic rings. The highest BCUT2D eigenvalue weighted by Crippen LogP contribution is 2.66. The van der Waals surface area contributed by atoms with Crippen LogP contribution in [0.5, 0.6) is 0 Å². The van der Waals surface area contributed by atoms with E-state index in [-0.39, 0.29) is 0 Å². The van der Waals surface area contributed by atoms with Crippen molar-refractivity contribution in [1.29, 1.82) is 0 Å². The first-order chi connectivity index (χ1) is 15.3. The van der Waals surface area contributed by atoms with Gasteiger partial charge in [0.2, 0.25) is 11.7 Å². The highest BCUT2D eigenvalue weighted by Gasteiger charge is 2.48. The van der Waals surface area contributed by atoms with Gasteiger partial charge < -0.3 is 34.5 Å². The topological polar surface area (TPSA) is 259 Å². The second-order valence-electron chi connectivity index (χ2n) is 6.72. The number of phosphoric ester groups is 1. The summed E-state index contributed by atoms with van der Waals surface area (Å²) in [6.07, 6.45) is 0.214. The number of aliphatic hydroxyl groups is 2. The van der Waals surface area contributed by atoms with E-state index < -0.39 is 54.6 Å². The molecule has 4 rings (SSSR count). The quantitative estimate of drug-likeness (QED) is 0.128. The molecule has 6 atom stereocenters. The highest BCUT2D eigenvalue weighted by atomic mass is 31.3. The Morgan fingerprint density at radius 3 is 2.52 bits per heavy atom. The Morgan fingerprint density at radius 2 is 1.82 bits per heavy atom. The van der Waals surface area contributed by atoms with E-state index >= 15 is 0 Å². The maximum Gasteiger partial charge on any atom is 0.490 e. The standard InChI is InChI=1S/C12H16N5O13P3/c18-8-6(3-27-32(23,24)30-33(25,26)29-31(20,21)22)28-12(9(8)19)17-5-14-7-10-13-1-2-16(10)4-15-11(7)17/h1-2,4-6,8-9,12,18-19H,3H2,(H4,20,21,22,23,24,25,26)/p+1. The molecule has 21 heteroatoms. The molecule has 1 saturated heterocycles. The molecule has 1 aliphatic heterocycles. The van der Waals surface area contributed by atoms with Crippen molar-refractivity contribution in [2.45, 2.75) is 24.5 Å². The zero-order valence-corrected chi connectivity index (χ0v) is 18.7.